The summed E-state index contributed by atoms with van der Waals surface area (Å²) in [5, 5.41) is 5.32. The van der Waals surface area contributed by atoms with Crippen LogP contribution in [0.15, 0.2) is 18.2 Å². The molecule has 182 valence electrons. The summed E-state index contributed by atoms with van der Waals surface area (Å²) < 4.78 is 44.1. The zero-order valence-corrected chi connectivity index (χ0v) is 18.7. The van der Waals surface area contributed by atoms with E-state index in [1.807, 2.05) is 4.90 Å². The van der Waals surface area contributed by atoms with Gasteiger partial charge in [-0.2, -0.15) is 13.2 Å². The molecule has 1 atom stereocenters. The summed E-state index contributed by atoms with van der Waals surface area (Å²) in [5.41, 5.74) is -0.693. The topological polar surface area (TPSA) is 91.0 Å². The van der Waals surface area contributed by atoms with Gasteiger partial charge in [-0.1, -0.05) is 0 Å². The number of rotatable bonds is 7. The fourth-order valence-corrected chi connectivity index (χ4v) is 4.17. The largest absolute Gasteiger partial charge is 0.416 e. The summed E-state index contributed by atoms with van der Waals surface area (Å²) >= 11 is 0. The molecule has 3 rings (SSSR count). The Morgan fingerprint density at radius 1 is 1.27 bits per heavy atom. The van der Waals surface area contributed by atoms with Gasteiger partial charge in [0.05, 0.1) is 23.0 Å². The first-order valence-electron chi connectivity index (χ1n) is 10.9. The Balaban J connectivity index is 1.62. The number of nitrogens with zero attached hydrogens (tertiary/aromatic N) is 2. The molecule has 8 nitrogen and oxygen atoms in total. The number of likely N-dealkylation sites (tertiary alicyclic amines) is 1. The molecule has 2 aliphatic rings. The zero-order chi connectivity index (χ0) is 24.2. The van der Waals surface area contributed by atoms with Crippen molar-refractivity contribution >= 4 is 29.1 Å². The molecular weight excluding hydrogens is 441 g/mol. The van der Waals surface area contributed by atoms with Crippen LogP contribution in [0.3, 0.4) is 0 Å². The monoisotopic (exact) mass is 470 g/mol. The maximum absolute atomic E-state index is 13.2. The SMILES string of the molecule is COCCCNC(=O)C1CCN(C(C)C(=O)N2CC(=O)Nc3cc(C(F)(F)F)ccc32)CC1. The van der Waals surface area contributed by atoms with Crippen LogP contribution >= 0.6 is 0 Å². The van der Waals surface area contributed by atoms with Crippen molar-refractivity contribution in [1.82, 2.24) is 10.2 Å². The number of amides is 3. The van der Waals surface area contributed by atoms with E-state index in [1.54, 1.807) is 14.0 Å². The minimum atomic E-state index is -4.56. The number of alkyl halides is 3. The van der Waals surface area contributed by atoms with Crippen molar-refractivity contribution in [2.24, 2.45) is 5.92 Å². The van der Waals surface area contributed by atoms with Gasteiger partial charge >= 0.3 is 6.18 Å². The molecule has 0 aliphatic carbocycles. The Labute approximate surface area is 190 Å². The van der Waals surface area contributed by atoms with Gasteiger partial charge in [0, 0.05) is 26.2 Å². The van der Waals surface area contributed by atoms with Gasteiger partial charge in [-0.25, -0.2) is 0 Å². The van der Waals surface area contributed by atoms with Crippen molar-refractivity contribution in [3.63, 3.8) is 0 Å². The van der Waals surface area contributed by atoms with Gasteiger partial charge in [0.1, 0.15) is 6.54 Å². The van der Waals surface area contributed by atoms with Gasteiger partial charge in [0.15, 0.2) is 0 Å². The van der Waals surface area contributed by atoms with E-state index in [2.05, 4.69) is 10.6 Å². The Morgan fingerprint density at radius 3 is 2.61 bits per heavy atom. The van der Waals surface area contributed by atoms with Gasteiger partial charge < -0.3 is 15.4 Å². The molecule has 3 amide bonds. The van der Waals surface area contributed by atoms with Gasteiger partial charge in [-0.3, -0.25) is 24.2 Å². The lowest BCUT2D eigenvalue weighted by Gasteiger charge is -2.38. The van der Waals surface area contributed by atoms with Gasteiger partial charge in [-0.05, 0) is 57.5 Å². The fraction of sp³-hybridized carbons (Fsp3) is 0.591. The maximum atomic E-state index is 13.2. The fourth-order valence-electron chi connectivity index (χ4n) is 4.17. The summed E-state index contributed by atoms with van der Waals surface area (Å²) in [6.07, 6.45) is -2.62. The average Bonchev–Trinajstić information content (AvgIpc) is 2.79. The molecule has 0 bridgehead atoms. The van der Waals surface area contributed by atoms with Crippen LogP contribution in [0.1, 0.15) is 31.7 Å². The number of anilines is 2. The number of halogens is 3. The van der Waals surface area contributed by atoms with Crippen molar-refractivity contribution in [3.05, 3.63) is 23.8 Å². The van der Waals surface area contributed by atoms with Crippen LogP contribution in [0.25, 0.3) is 0 Å². The van der Waals surface area contributed by atoms with Gasteiger partial charge in [0.2, 0.25) is 17.7 Å². The molecule has 1 aromatic carbocycles. The summed E-state index contributed by atoms with van der Waals surface area (Å²) in [6.45, 7) is 3.64. The summed E-state index contributed by atoms with van der Waals surface area (Å²) in [4.78, 5) is 40.8. The van der Waals surface area contributed by atoms with E-state index in [0.29, 0.717) is 39.1 Å². The Hall–Kier alpha value is -2.66. The summed E-state index contributed by atoms with van der Waals surface area (Å²) in [7, 11) is 1.61. The highest BCUT2D eigenvalue weighted by Crippen LogP contribution is 2.37. The lowest BCUT2D eigenvalue weighted by molar-refractivity contribution is -0.137. The Kier molecular flexibility index (Phi) is 7.96. The number of ether oxygens (including phenoxy) is 1. The first-order chi connectivity index (χ1) is 15.6. The number of hydrogen-bond donors (Lipinski definition) is 2. The molecule has 33 heavy (non-hydrogen) atoms. The van der Waals surface area contributed by atoms with Crippen LogP contribution in [-0.4, -0.2) is 68.6 Å². The van der Waals surface area contributed by atoms with Crippen molar-refractivity contribution < 1.29 is 32.3 Å². The van der Waals surface area contributed by atoms with Crippen molar-refractivity contribution in [1.29, 1.82) is 0 Å². The van der Waals surface area contributed by atoms with Crippen LogP contribution in [0, 0.1) is 5.92 Å². The Bertz CT molecular complexity index is 885. The third-order valence-corrected chi connectivity index (χ3v) is 6.09. The highest BCUT2D eigenvalue weighted by molar-refractivity contribution is 6.11. The van der Waals surface area contributed by atoms with Crippen LogP contribution < -0.4 is 15.5 Å². The number of carbonyl (C=O) groups is 3. The van der Waals surface area contributed by atoms with E-state index in [0.717, 1.165) is 18.6 Å². The molecule has 2 aliphatic heterocycles. The second-order valence-corrected chi connectivity index (χ2v) is 8.33. The van der Waals surface area contributed by atoms with Crippen LogP contribution in [0.5, 0.6) is 0 Å². The summed E-state index contributed by atoms with van der Waals surface area (Å²) in [6, 6.07) is 2.37. The standard InChI is InChI=1S/C22H29F3N4O4/c1-14(28-9-6-15(7-10-28)20(31)26-8-3-11-33-2)21(32)29-13-19(30)27-17-12-16(22(23,24)25)4-5-18(17)29/h4-5,12,14-15H,3,6-11,13H2,1-2H3,(H,26,31)(H,27,30). The van der Waals surface area contributed by atoms with E-state index >= 15 is 0 Å². The third kappa shape index (κ3) is 6.02. The number of piperidine rings is 1. The minimum absolute atomic E-state index is 0.00756. The molecule has 11 heteroatoms. The van der Waals surface area contributed by atoms with Crippen molar-refractivity contribution in [3.8, 4) is 0 Å². The number of benzene rings is 1. The molecular formula is C22H29F3N4O4. The van der Waals surface area contributed by atoms with E-state index in [1.165, 1.54) is 11.0 Å². The van der Waals surface area contributed by atoms with Crippen LogP contribution in [0.2, 0.25) is 0 Å². The number of hydrogen-bond acceptors (Lipinski definition) is 5. The molecule has 0 aromatic heterocycles. The molecule has 0 radical (unpaired) electrons. The van der Waals surface area contributed by atoms with Gasteiger partial charge in [-0.15, -0.1) is 0 Å². The van der Waals surface area contributed by atoms with Crippen LogP contribution in [0.4, 0.5) is 24.5 Å². The molecule has 1 unspecified atom stereocenters. The van der Waals surface area contributed by atoms with Gasteiger partial charge in [0.25, 0.3) is 0 Å². The number of methoxy groups -OCH3 is 1. The lowest BCUT2D eigenvalue weighted by atomic mass is 9.94. The molecule has 0 spiro atoms. The third-order valence-electron chi connectivity index (χ3n) is 6.09. The molecule has 1 saturated heterocycles. The highest BCUT2D eigenvalue weighted by atomic mass is 19.4. The maximum Gasteiger partial charge on any atom is 0.416 e. The smallest absolute Gasteiger partial charge is 0.385 e. The quantitative estimate of drug-likeness (QED) is 0.597. The normalized spacial score (nSPS) is 18.5. The second-order valence-electron chi connectivity index (χ2n) is 8.33. The average molecular weight is 470 g/mol. The van der Waals surface area contributed by atoms with E-state index < -0.39 is 23.7 Å². The van der Waals surface area contributed by atoms with Crippen LogP contribution in [-0.2, 0) is 25.3 Å². The van der Waals surface area contributed by atoms with E-state index in [-0.39, 0.29) is 35.7 Å². The van der Waals surface area contributed by atoms with Crippen molar-refractivity contribution in [2.75, 3.05) is 50.1 Å². The molecule has 2 heterocycles. The number of nitrogens with one attached hydrogen (secondary N) is 2. The molecule has 0 saturated carbocycles. The first kappa shape index (κ1) is 25.0. The molecule has 1 fully saturated rings. The second kappa shape index (κ2) is 10.5. The zero-order valence-electron chi connectivity index (χ0n) is 18.7. The minimum Gasteiger partial charge on any atom is -0.385 e. The summed E-state index contributed by atoms with van der Waals surface area (Å²) in [5.74, 6) is -1.06. The van der Waals surface area contributed by atoms with E-state index in [4.69, 9.17) is 4.74 Å². The highest BCUT2D eigenvalue weighted by Gasteiger charge is 2.37. The van der Waals surface area contributed by atoms with E-state index in [9.17, 15) is 27.6 Å². The molecule has 2 N–H and O–H groups in total. The number of fused-ring (bicyclic) bond motifs is 1. The number of carbonyl (C=O) groups excluding carboxylic acids is 3. The lowest BCUT2D eigenvalue weighted by Crippen LogP contribution is -2.53. The van der Waals surface area contributed by atoms with Crippen molar-refractivity contribution in [2.45, 2.75) is 38.4 Å². The predicted molar refractivity (Wildman–Crippen MR) is 116 cm³/mol. The molecule has 1 aromatic rings. The Morgan fingerprint density at radius 2 is 1.97 bits per heavy atom. The first-order valence-corrected chi connectivity index (χ1v) is 10.9. The predicted octanol–water partition coefficient (Wildman–Crippen LogP) is 2.24.